The molecule has 1 unspecified atom stereocenters. The number of nitrogens with zero attached hydrogens (tertiary/aromatic N) is 3. The molecule has 0 amide bonds. The van der Waals surface area contributed by atoms with E-state index in [1.54, 1.807) is 49.6 Å². The van der Waals surface area contributed by atoms with Crippen molar-refractivity contribution in [2.24, 2.45) is 0 Å². The van der Waals surface area contributed by atoms with Gasteiger partial charge in [-0.25, -0.2) is 4.39 Å². The van der Waals surface area contributed by atoms with Crippen molar-refractivity contribution in [3.8, 4) is 17.1 Å². The highest BCUT2D eigenvalue weighted by Gasteiger charge is 2.23. The zero-order valence-electron chi connectivity index (χ0n) is 17.7. The van der Waals surface area contributed by atoms with Gasteiger partial charge in [0.15, 0.2) is 16.8 Å². The summed E-state index contributed by atoms with van der Waals surface area (Å²) in [5.41, 5.74) is 1.99. The van der Waals surface area contributed by atoms with Crippen LogP contribution < -0.4 is 4.74 Å². The molecule has 162 valence electrons. The molecule has 4 aromatic rings. The first-order valence-corrected chi connectivity index (χ1v) is 11.0. The fraction of sp³-hybridized carbons (Fsp3) is 0.160. The fourth-order valence-electron chi connectivity index (χ4n) is 3.33. The van der Waals surface area contributed by atoms with Crippen molar-refractivity contribution in [1.29, 1.82) is 0 Å². The average Bonchev–Trinajstić information content (AvgIpc) is 3.21. The number of Topliss-reactive ketones (excluding diaryl/α,β-unsaturated/α-hetero) is 1. The molecule has 1 heterocycles. The van der Waals surface area contributed by atoms with Gasteiger partial charge in [-0.15, -0.1) is 10.2 Å². The second kappa shape index (κ2) is 9.78. The molecule has 0 aliphatic heterocycles. The van der Waals surface area contributed by atoms with Crippen LogP contribution in [0.25, 0.3) is 11.4 Å². The second-order valence-electron chi connectivity index (χ2n) is 7.21. The summed E-state index contributed by atoms with van der Waals surface area (Å²) in [4.78, 5) is 13.0. The van der Waals surface area contributed by atoms with Crippen LogP contribution in [0.15, 0.2) is 84.0 Å². The third-order valence-corrected chi connectivity index (χ3v) is 6.12. The molecule has 1 aromatic heterocycles. The number of rotatable bonds is 8. The quantitative estimate of drug-likeness (QED) is 0.264. The van der Waals surface area contributed by atoms with E-state index >= 15 is 0 Å². The van der Waals surface area contributed by atoms with E-state index in [2.05, 4.69) is 10.2 Å². The first-order chi connectivity index (χ1) is 15.6. The Balaban J connectivity index is 1.65. The minimum absolute atomic E-state index is 0.0284. The van der Waals surface area contributed by atoms with Crippen LogP contribution in [-0.4, -0.2) is 32.9 Å². The van der Waals surface area contributed by atoms with Gasteiger partial charge < -0.3 is 4.74 Å². The van der Waals surface area contributed by atoms with Crippen molar-refractivity contribution in [2.45, 2.75) is 23.9 Å². The summed E-state index contributed by atoms with van der Waals surface area (Å²) in [6.45, 7) is 2.30. The Hall–Kier alpha value is -3.45. The summed E-state index contributed by atoms with van der Waals surface area (Å²) >= 11 is 1.31. The Labute approximate surface area is 190 Å². The van der Waals surface area contributed by atoms with Crippen molar-refractivity contribution >= 4 is 17.5 Å². The van der Waals surface area contributed by atoms with Crippen LogP contribution in [0, 0.1) is 5.82 Å². The van der Waals surface area contributed by atoms with Gasteiger partial charge in [0.1, 0.15) is 11.6 Å². The molecule has 0 spiro atoms. The van der Waals surface area contributed by atoms with E-state index in [4.69, 9.17) is 4.74 Å². The minimum atomic E-state index is -0.407. The molecule has 0 bridgehead atoms. The van der Waals surface area contributed by atoms with Gasteiger partial charge in [-0.05, 0) is 48.9 Å². The van der Waals surface area contributed by atoms with Gasteiger partial charge in [-0.1, -0.05) is 54.2 Å². The predicted octanol–water partition coefficient (Wildman–Crippen LogP) is 5.50. The molecular weight excluding hydrogens is 425 g/mol. The van der Waals surface area contributed by atoms with Crippen molar-refractivity contribution in [3.05, 3.63) is 95.8 Å². The van der Waals surface area contributed by atoms with Gasteiger partial charge in [0.2, 0.25) is 0 Å². The summed E-state index contributed by atoms with van der Waals surface area (Å²) in [6.07, 6.45) is 0. The number of methoxy groups -OCH3 is 1. The van der Waals surface area contributed by atoms with Gasteiger partial charge >= 0.3 is 0 Å². The summed E-state index contributed by atoms with van der Waals surface area (Å²) in [6, 6.07) is 23.3. The lowest BCUT2D eigenvalue weighted by molar-refractivity contribution is 0.0994. The average molecular weight is 448 g/mol. The summed E-state index contributed by atoms with van der Waals surface area (Å²) in [5.74, 6) is 0.727. The van der Waals surface area contributed by atoms with Crippen LogP contribution in [0.5, 0.6) is 5.75 Å². The van der Waals surface area contributed by atoms with Gasteiger partial charge in [-0.2, -0.15) is 0 Å². The van der Waals surface area contributed by atoms with E-state index < -0.39 is 5.25 Å². The zero-order valence-corrected chi connectivity index (χ0v) is 18.6. The van der Waals surface area contributed by atoms with E-state index in [9.17, 15) is 9.18 Å². The predicted molar refractivity (Wildman–Crippen MR) is 124 cm³/mol. The number of aromatic nitrogens is 3. The number of hydrogen-bond acceptors (Lipinski definition) is 5. The van der Waals surface area contributed by atoms with Crippen LogP contribution in [0.4, 0.5) is 4.39 Å². The molecule has 0 radical (unpaired) electrons. The molecule has 0 aliphatic carbocycles. The second-order valence-corrected chi connectivity index (χ2v) is 8.52. The lowest BCUT2D eigenvalue weighted by atomic mass is 10.1. The number of benzene rings is 3. The number of halogens is 1. The Morgan fingerprint density at radius 2 is 1.69 bits per heavy atom. The third-order valence-electron chi connectivity index (χ3n) is 5.04. The number of ketones is 1. The van der Waals surface area contributed by atoms with E-state index in [-0.39, 0.29) is 11.6 Å². The van der Waals surface area contributed by atoms with Gasteiger partial charge in [-0.3, -0.25) is 9.36 Å². The largest absolute Gasteiger partial charge is 0.497 e. The van der Waals surface area contributed by atoms with E-state index in [1.807, 2.05) is 41.8 Å². The first kappa shape index (κ1) is 21.8. The molecule has 7 heteroatoms. The SMILES string of the molecule is COc1ccc(C(=O)C(C)Sc2nnc(-c3ccccc3F)n2Cc2ccccc2)cc1. The van der Waals surface area contributed by atoms with Crippen molar-refractivity contribution in [3.63, 3.8) is 0 Å². The van der Waals surface area contributed by atoms with E-state index in [0.717, 1.165) is 5.56 Å². The van der Waals surface area contributed by atoms with Gasteiger partial charge in [0, 0.05) is 5.56 Å². The lowest BCUT2D eigenvalue weighted by Gasteiger charge is -2.14. The number of carbonyl (C=O) groups is 1. The Morgan fingerprint density at radius 1 is 1.00 bits per heavy atom. The number of ether oxygens (including phenoxy) is 1. The van der Waals surface area contributed by atoms with E-state index in [1.165, 1.54) is 17.8 Å². The minimum Gasteiger partial charge on any atom is -0.497 e. The Bertz CT molecular complexity index is 1210. The van der Waals surface area contributed by atoms with Crippen LogP contribution >= 0.6 is 11.8 Å². The van der Waals surface area contributed by atoms with Crippen LogP contribution in [-0.2, 0) is 6.54 Å². The topological polar surface area (TPSA) is 57.0 Å². The fourth-order valence-corrected chi connectivity index (χ4v) is 4.25. The molecule has 0 saturated heterocycles. The maximum absolute atomic E-state index is 14.5. The summed E-state index contributed by atoms with van der Waals surface area (Å²) in [5, 5.41) is 8.74. The molecule has 0 fully saturated rings. The molecule has 0 aliphatic rings. The molecule has 5 nitrogen and oxygen atoms in total. The summed E-state index contributed by atoms with van der Waals surface area (Å²) < 4.78 is 21.5. The maximum Gasteiger partial charge on any atom is 0.192 e. The number of carbonyl (C=O) groups excluding carboxylic acids is 1. The first-order valence-electron chi connectivity index (χ1n) is 10.1. The standard InChI is InChI=1S/C25H22FN3O2S/c1-17(23(30)19-12-14-20(31-2)15-13-19)32-25-28-27-24(21-10-6-7-11-22(21)26)29(25)16-18-8-4-3-5-9-18/h3-15,17H,16H2,1-2H3. The number of thioether (sulfide) groups is 1. The molecule has 0 N–H and O–H groups in total. The van der Waals surface area contributed by atoms with Gasteiger partial charge in [0.25, 0.3) is 0 Å². The van der Waals surface area contributed by atoms with Crippen molar-refractivity contribution < 1.29 is 13.9 Å². The molecule has 1 atom stereocenters. The smallest absolute Gasteiger partial charge is 0.192 e. The maximum atomic E-state index is 14.5. The van der Waals surface area contributed by atoms with E-state index in [0.29, 0.717) is 34.4 Å². The molecule has 0 saturated carbocycles. The monoisotopic (exact) mass is 447 g/mol. The van der Waals surface area contributed by atoms with Crippen LogP contribution in [0.1, 0.15) is 22.8 Å². The number of hydrogen-bond donors (Lipinski definition) is 0. The summed E-state index contributed by atoms with van der Waals surface area (Å²) in [7, 11) is 1.59. The highest BCUT2D eigenvalue weighted by molar-refractivity contribution is 8.00. The highest BCUT2D eigenvalue weighted by atomic mass is 32.2. The molecular formula is C25H22FN3O2S. The molecule has 32 heavy (non-hydrogen) atoms. The molecule has 3 aromatic carbocycles. The normalized spacial score (nSPS) is 11.8. The van der Waals surface area contributed by atoms with Crippen molar-refractivity contribution in [1.82, 2.24) is 14.8 Å². The Morgan fingerprint density at radius 3 is 2.38 bits per heavy atom. The van der Waals surface area contributed by atoms with Crippen LogP contribution in [0.3, 0.4) is 0 Å². The van der Waals surface area contributed by atoms with Crippen molar-refractivity contribution in [2.75, 3.05) is 7.11 Å². The molecule has 4 rings (SSSR count). The lowest BCUT2D eigenvalue weighted by Crippen LogP contribution is -2.15. The van der Waals surface area contributed by atoms with Gasteiger partial charge in [0.05, 0.1) is 24.5 Å². The highest BCUT2D eigenvalue weighted by Crippen LogP contribution is 2.30. The van der Waals surface area contributed by atoms with Crippen LogP contribution in [0.2, 0.25) is 0 Å². The zero-order chi connectivity index (χ0) is 22.5. The Kier molecular flexibility index (Phi) is 6.66. The third kappa shape index (κ3) is 4.73.